The van der Waals surface area contributed by atoms with Crippen LogP contribution < -0.4 is 20.3 Å². The van der Waals surface area contributed by atoms with Gasteiger partial charge in [-0.05, 0) is 75.2 Å². The molecule has 2 aromatic heterocycles. The number of rotatable bonds is 4. The van der Waals surface area contributed by atoms with Gasteiger partial charge in [-0.3, -0.25) is 4.90 Å². The number of hydrogen-bond donors (Lipinski definition) is 3. The summed E-state index contributed by atoms with van der Waals surface area (Å²) in [6, 6.07) is 9.18. The van der Waals surface area contributed by atoms with E-state index in [1.807, 2.05) is 6.07 Å². The molecular weight excluding hydrogens is 569 g/mol. The molecule has 2 aromatic carbocycles. The van der Waals surface area contributed by atoms with Gasteiger partial charge in [0.1, 0.15) is 34.8 Å². The van der Waals surface area contributed by atoms with Crippen molar-refractivity contribution in [1.29, 1.82) is 0 Å². The molecule has 4 aromatic rings. The maximum atomic E-state index is 16.9. The first-order valence-electron chi connectivity index (χ1n) is 15.4. The minimum atomic E-state index is -0.584. The van der Waals surface area contributed by atoms with Gasteiger partial charge >= 0.3 is 0 Å². The van der Waals surface area contributed by atoms with Crippen molar-refractivity contribution in [1.82, 2.24) is 25.2 Å². The quantitative estimate of drug-likeness (QED) is 0.296. The summed E-state index contributed by atoms with van der Waals surface area (Å²) in [7, 11) is 0. The first kappa shape index (κ1) is 26.0. The van der Waals surface area contributed by atoms with Crippen molar-refractivity contribution in [3.63, 3.8) is 0 Å². The van der Waals surface area contributed by atoms with Gasteiger partial charge in [0.05, 0.1) is 6.04 Å². The Morgan fingerprint density at radius 1 is 1.12 bits per heavy atom. The standard InChI is InChI=1S/C32H33ClFN7O2/c33-21-5-1-4-17-12-19(42)13-20(24(17)21)27-26(34)28-25-29(39-31(38-28)35-16-32-8-2-10-40(32)11-3-9-32)41-14-18-6-7-22(36-18)23(41)15-43-30(25)37-27/h1,4-5,12-13,18,22-23,36,42H,2-3,6-11,14-16H2,(H,35,38,39). The summed E-state index contributed by atoms with van der Waals surface area (Å²) >= 11 is 6.65. The third kappa shape index (κ3) is 3.92. The predicted molar refractivity (Wildman–Crippen MR) is 165 cm³/mol. The predicted octanol–water partition coefficient (Wildman–Crippen LogP) is 5.09. The van der Waals surface area contributed by atoms with Gasteiger partial charge in [0.15, 0.2) is 5.82 Å². The topological polar surface area (TPSA) is 98.7 Å². The third-order valence-electron chi connectivity index (χ3n) is 10.5. The number of nitrogens with one attached hydrogen (secondary N) is 2. The molecule has 5 aliphatic rings. The Hall–Kier alpha value is -3.47. The first-order chi connectivity index (χ1) is 21.0. The minimum Gasteiger partial charge on any atom is -0.508 e. The zero-order valence-corrected chi connectivity index (χ0v) is 24.5. The van der Waals surface area contributed by atoms with E-state index in [0.717, 1.165) is 51.9 Å². The van der Waals surface area contributed by atoms with E-state index >= 15 is 4.39 Å². The van der Waals surface area contributed by atoms with Gasteiger partial charge < -0.3 is 25.4 Å². The molecule has 222 valence electrons. The van der Waals surface area contributed by atoms with Crippen molar-refractivity contribution in [2.75, 3.05) is 43.0 Å². The molecule has 0 aliphatic carbocycles. The Kier molecular flexibility index (Phi) is 5.75. The number of piperazine rings is 1. The van der Waals surface area contributed by atoms with Crippen LogP contribution in [0.15, 0.2) is 30.3 Å². The third-order valence-corrected chi connectivity index (χ3v) is 10.8. The van der Waals surface area contributed by atoms with Crippen LogP contribution in [-0.2, 0) is 0 Å². The summed E-state index contributed by atoms with van der Waals surface area (Å²) in [4.78, 5) is 19.6. The summed E-state index contributed by atoms with van der Waals surface area (Å²) in [6.45, 7) is 4.15. The number of aromatic hydroxyl groups is 1. The van der Waals surface area contributed by atoms with Gasteiger partial charge in [-0.25, -0.2) is 14.4 Å². The van der Waals surface area contributed by atoms with Crippen LogP contribution in [0.4, 0.5) is 16.2 Å². The number of aromatic nitrogens is 3. The van der Waals surface area contributed by atoms with Crippen molar-refractivity contribution < 1.29 is 14.2 Å². The summed E-state index contributed by atoms with van der Waals surface area (Å²) in [5.41, 5.74) is 0.706. The summed E-state index contributed by atoms with van der Waals surface area (Å²) in [5.74, 6) is 0.812. The van der Waals surface area contributed by atoms with E-state index in [0.29, 0.717) is 57.0 Å². The smallest absolute Gasteiger partial charge is 0.227 e. The minimum absolute atomic E-state index is 0.000233. The highest BCUT2D eigenvalue weighted by molar-refractivity contribution is 6.36. The Bertz CT molecular complexity index is 1790. The molecule has 43 heavy (non-hydrogen) atoms. The summed E-state index contributed by atoms with van der Waals surface area (Å²) in [5, 5.41) is 20.1. The van der Waals surface area contributed by atoms with E-state index in [1.54, 1.807) is 18.2 Å². The number of fused-ring (bicyclic) bond motifs is 7. The number of benzene rings is 2. The average Bonchev–Trinajstić information content (AvgIpc) is 3.67. The Morgan fingerprint density at radius 3 is 2.84 bits per heavy atom. The van der Waals surface area contributed by atoms with E-state index in [4.69, 9.17) is 31.3 Å². The molecule has 4 saturated heterocycles. The molecule has 11 heteroatoms. The number of nitrogens with zero attached hydrogens (tertiary/aromatic N) is 5. The van der Waals surface area contributed by atoms with Crippen LogP contribution in [0.25, 0.3) is 32.9 Å². The molecule has 5 aliphatic heterocycles. The molecule has 0 amide bonds. The van der Waals surface area contributed by atoms with Crippen LogP contribution in [0, 0.1) is 5.82 Å². The van der Waals surface area contributed by atoms with Crippen LogP contribution >= 0.6 is 11.6 Å². The molecule has 3 unspecified atom stereocenters. The highest BCUT2D eigenvalue weighted by Crippen LogP contribution is 2.45. The number of anilines is 2. The van der Waals surface area contributed by atoms with Crippen molar-refractivity contribution in [3.8, 4) is 22.9 Å². The van der Waals surface area contributed by atoms with Crippen molar-refractivity contribution in [2.24, 2.45) is 0 Å². The zero-order chi connectivity index (χ0) is 28.9. The lowest BCUT2D eigenvalue weighted by molar-refractivity contribution is 0.209. The fourth-order valence-electron chi connectivity index (χ4n) is 8.51. The average molecular weight is 602 g/mol. The SMILES string of the molecule is Oc1cc(-c2nc3c4c(nc(NCC56CCCN5CCC6)nc4c2F)N2CC4CCC(N4)C2CO3)c2c(Cl)cccc2c1. The van der Waals surface area contributed by atoms with Crippen molar-refractivity contribution in [2.45, 2.75) is 62.2 Å². The zero-order valence-electron chi connectivity index (χ0n) is 23.7. The van der Waals surface area contributed by atoms with E-state index in [2.05, 4.69) is 20.4 Å². The highest BCUT2D eigenvalue weighted by atomic mass is 35.5. The van der Waals surface area contributed by atoms with E-state index in [-0.39, 0.29) is 34.6 Å². The molecule has 2 bridgehead atoms. The van der Waals surface area contributed by atoms with Crippen LogP contribution in [0.3, 0.4) is 0 Å². The number of hydrogen-bond acceptors (Lipinski definition) is 9. The maximum absolute atomic E-state index is 16.9. The fraction of sp³-hybridized carbons (Fsp3) is 0.469. The number of phenols is 1. The second kappa shape index (κ2) is 9.51. The summed E-state index contributed by atoms with van der Waals surface area (Å²) < 4.78 is 23.3. The number of ether oxygens (including phenoxy) is 1. The van der Waals surface area contributed by atoms with Crippen molar-refractivity contribution >= 4 is 45.0 Å². The molecule has 3 N–H and O–H groups in total. The van der Waals surface area contributed by atoms with Gasteiger partial charge in [-0.2, -0.15) is 4.98 Å². The molecule has 9 nitrogen and oxygen atoms in total. The molecule has 0 radical (unpaired) electrons. The van der Waals surface area contributed by atoms with Gasteiger partial charge in [-0.15, -0.1) is 0 Å². The normalized spacial score (nSPS) is 25.5. The molecule has 4 fully saturated rings. The van der Waals surface area contributed by atoms with Crippen LogP contribution in [0.2, 0.25) is 5.02 Å². The molecule has 0 saturated carbocycles. The van der Waals surface area contributed by atoms with Gasteiger partial charge in [0, 0.05) is 46.7 Å². The fourth-order valence-corrected chi connectivity index (χ4v) is 8.79. The van der Waals surface area contributed by atoms with Gasteiger partial charge in [-0.1, -0.05) is 23.7 Å². The monoisotopic (exact) mass is 601 g/mol. The first-order valence-corrected chi connectivity index (χ1v) is 15.8. The maximum Gasteiger partial charge on any atom is 0.227 e. The number of halogens is 2. The second-order valence-corrected chi connectivity index (χ2v) is 13.3. The summed E-state index contributed by atoms with van der Waals surface area (Å²) in [6.07, 6.45) is 6.84. The number of phenolic OH excluding ortho intramolecular Hbond substituents is 1. The van der Waals surface area contributed by atoms with Gasteiger partial charge in [0.25, 0.3) is 0 Å². The van der Waals surface area contributed by atoms with E-state index in [9.17, 15) is 5.11 Å². The molecule has 7 heterocycles. The molecular formula is C32H33ClFN7O2. The van der Waals surface area contributed by atoms with Crippen LogP contribution in [-0.4, -0.2) is 81.4 Å². The van der Waals surface area contributed by atoms with Crippen molar-refractivity contribution in [3.05, 3.63) is 41.2 Å². The molecule has 9 rings (SSSR count). The van der Waals surface area contributed by atoms with Gasteiger partial charge in [0.2, 0.25) is 11.8 Å². The Morgan fingerprint density at radius 2 is 1.98 bits per heavy atom. The number of pyridine rings is 1. The van der Waals surface area contributed by atoms with Crippen LogP contribution in [0.1, 0.15) is 38.5 Å². The van der Waals surface area contributed by atoms with Crippen LogP contribution in [0.5, 0.6) is 11.6 Å². The molecule has 3 atom stereocenters. The Labute approximate surface area is 253 Å². The largest absolute Gasteiger partial charge is 0.508 e. The highest BCUT2D eigenvalue weighted by Gasteiger charge is 2.46. The lowest BCUT2D eigenvalue weighted by atomic mass is 9.94. The van der Waals surface area contributed by atoms with E-state index < -0.39 is 5.82 Å². The second-order valence-electron chi connectivity index (χ2n) is 12.9. The molecule has 0 spiro atoms. The lowest BCUT2D eigenvalue weighted by Crippen LogP contribution is -2.60. The van der Waals surface area contributed by atoms with E-state index in [1.165, 1.54) is 18.9 Å². The lowest BCUT2D eigenvalue weighted by Gasteiger charge is -2.40. The Balaban J connectivity index is 1.24.